The van der Waals surface area contributed by atoms with Crippen molar-refractivity contribution >= 4 is 0 Å². The van der Waals surface area contributed by atoms with Crippen molar-refractivity contribution < 1.29 is 9.47 Å². The molecule has 0 aliphatic carbocycles. The molecule has 1 aliphatic rings. The third-order valence-corrected chi connectivity index (χ3v) is 1.03. The van der Waals surface area contributed by atoms with E-state index in [1.54, 1.807) is 26.5 Å². The van der Waals surface area contributed by atoms with Gasteiger partial charge in [-0.25, -0.2) is 5.32 Å². The fourth-order valence-corrected chi connectivity index (χ4v) is 0.547. The fourth-order valence-electron chi connectivity index (χ4n) is 0.547. The molecule has 0 amide bonds. The highest BCUT2D eigenvalue weighted by atomic mass is 16.5. The molecule has 49 valence electrons. The van der Waals surface area contributed by atoms with Gasteiger partial charge in [0.15, 0.2) is 0 Å². The number of methoxy groups -OCH3 is 2. The highest BCUT2D eigenvalue weighted by Gasteiger charge is 2.05. The molecule has 1 heterocycles. The summed E-state index contributed by atoms with van der Waals surface area (Å²) in [5, 5.41) is 3.86. The first-order valence-electron chi connectivity index (χ1n) is 2.57. The van der Waals surface area contributed by atoms with Gasteiger partial charge in [0.25, 0.3) is 0 Å². The van der Waals surface area contributed by atoms with Crippen molar-refractivity contribution in [3.63, 3.8) is 0 Å². The third kappa shape index (κ3) is 1.16. The number of nitrogens with zero attached hydrogens (tertiary/aromatic N) is 1. The van der Waals surface area contributed by atoms with Crippen LogP contribution in [0.4, 0.5) is 0 Å². The van der Waals surface area contributed by atoms with Crippen LogP contribution in [0.2, 0.25) is 0 Å². The molecule has 0 N–H and O–H groups in total. The second kappa shape index (κ2) is 2.44. The lowest BCUT2D eigenvalue weighted by Gasteiger charge is -1.93. The second-order valence-corrected chi connectivity index (χ2v) is 1.55. The molecule has 0 saturated heterocycles. The molecule has 3 heteroatoms. The molecule has 0 aromatic carbocycles. The highest BCUT2D eigenvalue weighted by Crippen LogP contribution is 2.09. The van der Waals surface area contributed by atoms with Crippen molar-refractivity contribution in [1.82, 2.24) is 5.32 Å². The lowest BCUT2D eigenvalue weighted by molar-refractivity contribution is 0.271. The molecule has 3 nitrogen and oxygen atoms in total. The summed E-state index contributed by atoms with van der Waals surface area (Å²) in [7, 11) is 3.16. The van der Waals surface area contributed by atoms with E-state index in [0.717, 1.165) is 5.76 Å². The Morgan fingerprint density at radius 2 is 2.11 bits per heavy atom. The smallest absolute Gasteiger partial charge is 0.216 e. The summed E-state index contributed by atoms with van der Waals surface area (Å²) in [5.74, 6) is 1.32. The van der Waals surface area contributed by atoms with Gasteiger partial charge < -0.3 is 9.47 Å². The number of ether oxygens (including phenoxy) is 2. The Labute approximate surface area is 54.0 Å². The maximum Gasteiger partial charge on any atom is 0.216 e. The van der Waals surface area contributed by atoms with E-state index in [9.17, 15) is 0 Å². The predicted molar refractivity (Wildman–Crippen MR) is 32.3 cm³/mol. The summed E-state index contributed by atoms with van der Waals surface area (Å²) < 4.78 is 9.66. The maximum atomic E-state index is 4.85. The Morgan fingerprint density at radius 1 is 1.33 bits per heavy atom. The zero-order chi connectivity index (χ0) is 6.69. The summed E-state index contributed by atoms with van der Waals surface area (Å²) in [6.07, 6.45) is 3.33. The van der Waals surface area contributed by atoms with Crippen molar-refractivity contribution in [2.24, 2.45) is 0 Å². The van der Waals surface area contributed by atoms with Crippen LogP contribution >= 0.6 is 0 Å². The van der Waals surface area contributed by atoms with Gasteiger partial charge in [-0.05, 0) is 0 Å². The van der Waals surface area contributed by atoms with Gasteiger partial charge in [0.1, 0.15) is 5.76 Å². The van der Waals surface area contributed by atoms with Crippen LogP contribution in [0.25, 0.3) is 0 Å². The predicted octanol–water partition coefficient (Wildman–Crippen LogP) is 0.580. The Bertz CT molecular complexity index is 160. The van der Waals surface area contributed by atoms with Crippen molar-refractivity contribution in [3.05, 3.63) is 23.9 Å². The minimum Gasteiger partial charge on any atom is -0.495 e. The first-order valence-corrected chi connectivity index (χ1v) is 2.57. The standard InChI is InChI=1S/C6H8NO2/c1-8-5-3-6(9-2)7-4-5/h3-4H,1-2H3. The molecule has 0 atom stereocenters. The largest absolute Gasteiger partial charge is 0.495 e. The molecule has 0 spiro atoms. The van der Waals surface area contributed by atoms with Crippen molar-refractivity contribution in [2.45, 2.75) is 0 Å². The zero-order valence-corrected chi connectivity index (χ0v) is 5.42. The van der Waals surface area contributed by atoms with E-state index in [1.807, 2.05) is 0 Å². The Morgan fingerprint density at radius 3 is 2.44 bits per heavy atom. The quantitative estimate of drug-likeness (QED) is 0.542. The van der Waals surface area contributed by atoms with E-state index in [2.05, 4.69) is 5.32 Å². The molecule has 1 radical (unpaired) electrons. The average molecular weight is 126 g/mol. The van der Waals surface area contributed by atoms with Crippen molar-refractivity contribution in [2.75, 3.05) is 14.2 Å². The van der Waals surface area contributed by atoms with Gasteiger partial charge in [-0.15, -0.1) is 0 Å². The number of hydrogen-bond acceptors (Lipinski definition) is 2. The average Bonchev–Trinajstić information content (AvgIpc) is 2.34. The molecule has 0 aromatic rings. The summed E-state index contributed by atoms with van der Waals surface area (Å²) in [5.41, 5.74) is 0. The first-order chi connectivity index (χ1) is 4.36. The normalized spacial score (nSPS) is 15.8. The van der Waals surface area contributed by atoms with E-state index in [0.29, 0.717) is 5.88 Å². The summed E-state index contributed by atoms with van der Waals surface area (Å²) in [4.78, 5) is 0. The van der Waals surface area contributed by atoms with Crippen LogP contribution in [0.5, 0.6) is 0 Å². The van der Waals surface area contributed by atoms with Gasteiger partial charge in [0, 0.05) is 6.08 Å². The zero-order valence-electron chi connectivity index (χ0n) is 5.42. The molecule has 1 aliphatic heterocycles. The van der Waals surface area contributed by atoms with Crippen LogP contribution in [0, 0.1) is 0 Å². The first kappa shape index (κ1) is 6.01. The van der Waals surface area contributed by atoms with Gasteiger partial charge in [0.2, 0.25) is 5.88 Å². The SMILES string of the molecule is COC1=C[N]C(OC)=C1. The molecule has 0 fully saturated rings. The van der Waals surface area contributed by atoms with Crippen LogP contribution in [-0.2, 0) is 9.47 Å². The lowest BCUT2D eigenvalue weighted by atomic mass is 10.5. The highest BCUT2D eigenvalue weighted by molar-refractivity contribution is 5.21. The van der Waals surface area contributed by atoms with Crippen LogP contribution in [0.15, 0.2) is 23.9 Å². The minimum atomic E-state index is 0.590. The van der Waals surface area contributed by atoms with Gasteiger partial charge in [-0.3, -0.25) is 0 Å². The molecular formula is C6H8NO2. The Balaban J connectivity index is 2.52. The molecule has 0 unspecified atom stereocenters. The summed E-state index contributed by atoms with van der Waals surface area (Å²) >= 11 is 0. The summed E-state index contributed by atoms with van der Waals surface area (Å²) in [6.45, 7) is 0. The van der Waals surface area contributed by atoms with E-state index >= 15 is 0 Å². The molecular weight excluding hydrogens is 118 g/mol. The minimum absolute atomic E-state index is 0.590. The van der Waals surface area contributed by atoms with Gasteiger partial charge in [0.05, 0.1) is 20.4 Å². The van der Waals surface area contributed by atoms with Crippen LogP contribution in [0.3, 0.4) is 0 Å². The molecule has 0 saturated carbocycles. The van der Waals surface area contributed by atoms with Crippen molar-refractivity contribution in [1.29, 1.82) is 0 Å². The van der Waals surface area contributed by atoms with Gasteiger partial charge in [-0.1, -0.05) is 0 Å². The number of rotatable bonds is 2. The number of hydrogen-bond donors (Lipinski definition) is 0. The number of allylic oxidation sites excluding steroid dienone is 1. The van der Waals surface area contributed by atoms with Crippen LogP contribution in [0.1, 0.15) is 0 Å². The van der Waals surface area contributed by atoms with Crippen molar-refractivity contribution in [3.8, 4) is 0 Å². The van der Waals surface area contributed by atoms with Gasteiger partial charge in [-0.2, -0.15) is 0 Å². The fraction of sp³-hybridized carbons (Fsp3) is 0.333. The van der Waals surface area contributed by atoms with Gasteiger partial charge >= 0.3 is 0 Å². The maximum absolute atomic E-state index is 4.85. The molecule has 9 heavy (non-hydrogen) atoms. The topological polar surface area (TPSA) is 32.6 Å². The van der Waals surface area contributed by atoms with E-state index in [1.165, 1.54) is 0 Å². The Kier molecular flexibility index (Phi) is 1.63. The van der Waals surface area contributed by atoms with E-state index in [-0.39, 0.29) is 0 Å². The Hall–Kier alpha value is -1.12. The third-order valence-electron chi connectivity index (χ3n) is 1.03. The second-order valence-electron chi connectivity index (χ2n) is 1.55. The van der Waals surface area contributed by atoms with E-state index in [4.69, 9.17) is 9.47 Å². The molecule has 0 bridgehead atoms. The van der Waals surface area contributed by atoms with E-state index < -0.39 is 0 Å². The summed E-state index contributed by atoms with van der Waals surface area (Å²) in [6, 6.07) is 0. The molecule has 0 aromatic heterocycles. The van der Waals surface area contributed by atoms with Crippen LogP contribution in [-0.4, -0.2) is 14.2 Å². The molecule has 1 rings (SSSR count). The lowest BCUT2D eigenvalue weighted by Crippen LogP contribution is -1.92. The monoisotopic (exact) mass is 126 g/mol. The van der Waals surface area contributed by atoms with Crippen LogP contribution < -0.4 is 5.32 Å².